The van der Waals surface area contributed by atoms with E-state index in [1.165, 1.54) is 4.90 Å². The van der Waals surface area contributed by atoms with Gasteiger partial charge in [0, 0.05) is 31.0 Å². The van der Waals surface area contributed by atoms with Crippen LogP contribution < -0.4 is 10.2 Å². The van der Waals surface area contributed by atoms with Crippen molar-refractivity contribution in [1.29, 1.82) is 0 Å². The zero-order chi connectivity index (χ0) is 17.9. The second-order valence-corrected chi connectivity index (χ2v) is 5.91. The van der Waals surface area contributed by atoms with Crippen LogP contribution in [0.2, 0.25) is 0 Å². The molecule has 0 spiro atoms. The molecule has 2 amide bonds. The molecule has 6 nitrogen and oxygen atoms in total. The number of benzene rings is 1. The number of likely N-dealkylation sites (N-methyl/N-ethyl adjacent to an activating group) is 1. The van der Waals surface area contributed by atoms with E-state index in [1.807, 2.05) is 26.0 Å². The van der Waals surface area contributed by atoms with Gasteiger partial charge >= 0.3 is 0 Å². The van der Waals surface area contributed by atoms with Gasteiger partial charge in [0.25, 0.3) is 11.8 Å². The van der Waals surface area contributed by atoms with Gasteiger partial charge in [0.05, 0.1) is 0 Å². The Hall–Kier alpha value is -2.76. The van der Waals surface area contributed by atoms with Crippen LogP contribution in [0.25, 0.3) is 0 Å². The summed E-state index contributed by atoms with van der Waals surface area (Å²) in [5.74, 6) is 0.222. The zero-order valence-electron chi connectivity index (χ0n) is 14.7. The number of nitrogens with one attached hydrogen (secondary N) is 1. The molecule has 0 saturated carbocycles. The van der Waals surface area contributed by atoms with Crippen molar-refractivity contribution in [1.82, 2.24) is 9.58 Å². The Bertz CT molecular complexity index is 713. The van der Waals surface area contributed by atoms with E-state index in [1.54, 1.807) is 50.0 Å². The molecule has 1 atom stereocenters. The Kier molecular flexibility index (Phi) is 5.28. The number of amides is 2. The lowest BCUT2D eigenvalue weighted by Gasteiger charge is -2.18. The molecule has 2 aromatic rings. The van der Waals surface area contributed by atoms with E-state index in [9.17, 15) is 9.59 Å². The summed E-state index contributed by atoms with van der Waals surface area (Å²) >= 11 is 0. The number of carbonyl (C=O) groups excluding carboxylic acids is 2. The fraction of sp³-hybridized carbons (Fsp3) is 0.333. The quantitative estimate of drug-likeness (QED) is 0.916. The third kappa shape index (κ3) is 3.95. The largest absolute Gasteiger partial charge is 0.481 e. The zero-order valence-corrected chi connectivity index (χ0v) is 14.7. The van der Waals surface area contributed by atoms with Crippen molar-refractivity contribution in [2.75, 3.05) is 19.5 Å². The number of hydrogen-bond donors (Lipinski definition) is 1. The van der Waals surface area contributed by atoms with Crippen LogP contribution in [-0.2, 0) is 4.79 Å². The van der Waals surface area contributed by atoms with E-state index in [4.69, 9.17) is 4.74 Å². The second kappa shape index (κ2) is 7.21. The standard InChI is InChI=1S/C18H23N3O3/c1-12-6-7-13(2)21(12)19-17(22)15-8-10-16(11-9-15)24-14(3)18(23)20(4)5/h6-11,14H,1-5H3,(H,19,22)/t14-/m1/s1. The number of aryl methyl sites for hydroxylation is 2. The molecule has 1 N–H and O–H groups in total. The maximum atomic E-state index is 12.3. The highest BCUT2D eigenvalue weighted by Crippen LogP contribution is 2.15. The lowest BCUT2D eigenvalue weighted by molar-refractivity contribution is -0.135. The molecule has 1 heterocycles. The van der Waals surface area contributed by atoms with Gasteiger partial charge in [-0.1, -0.05) is 0 Å². The van der Waals surface area contributed by atoms with Crippen LogP contribution in [0.4, 0.5) is 0 Å². The molecule has 0 bridgehead atoms. The van der Waals surface area contributed by atoms with E-state index in [0.717, 1.165) is 11.4 Å². The summed E-state index contributed by atoms with van der Waals surface area (Å²) in [5, 5.41) is 0. The summed E-state index contributed by atoms with van der Waals surface area (Å²) in [4.78, 5) is 25.6. The van der Waals surface area contributed by atoms with Crippen LogP contribution in [0.15, 0.2) is 36.4 Å². The smallest absolute Gasteiger partial charge is 0.270 e. The Morgan fingerprint density at radius 3 is 2.08 bits per heavy atom. The van der Waals surface area contributed by atoms with Gasteiger partial charge in [0.1, 0.15) is 5.75 Å². The van der Waals surface area contributed by atoms with E-state index >= 15 is 0 Å². The van der Waals surface area contributed by atoms with Crippen LogP contribution in [0.1, 0.15) is 28.7 Å². The van der Waals surface area contributed by atoms with Crippen molar-refractivity contribution in [3.8, 4) is 5.75 Å². The number of carbonyl (C=O) groups is 2. The molecule has 0 aliphatic rings. The summed E-state index contributed by atoms with van der Waals surface area (Å²) in [6, 6.07) is 10.6. The van der Waals surface area contributed by atoms with Gasteiger partial charge in [-0.2, -0.15) is 0 Å². The topological polar surface area (TPSA) is 63.6 Å². The van der Waals surface area contributed by atoms with Crippen molar-refractivity contribution in [2.24, 2.45) is 0 Å². The average molecular weight is 329 g/mol. The monoisotopic (exact) mass is 329 g/mol. The van der Waals surface area contributed by atoms with Gasteiger partial charge in [0.2, 0.25) is 0 Å². The molecule has 24 heavy (non-hydrogen) atoms. The van der Waals surface area contributed by atoms with Gasteiger partial charge in [-0.25, -0.2) is 0 Å². The molecule has 0 saturated heterocycles. The molecule has 6 heteroatoms. The third-order valence-corrected chi connectivity index (χ3v) is 3.70. The van der Waals surface area contributed by atoms with Crippen molar-refractivity contribution in [3.05, 3.63) is 53.3 Å². The van der Waals surface area contributed by atoms with Crippen LogP contribution >= 0.6 is 0 Å². The Balaban J connectivity index is 2.04. The first kappa shape index (κ1) is 17.6. The fourth-order valence-corrected chi connectivity index (χ4v) is 2.31. The summed E-state index contributed by atoms with van der Waals surface area (Å²) in [7, 11) is 3.36. The van der Waals surface area contributed by atoms with Gasteiger partial charge in [-0.05, 0) is 57.2 Å². The summed E-state index contributed by atoms with van der Waals surface area (Å²) in [5.41, 5.74) is 5.27. The number of nitrogens with zero attached hydrogens (tertiary/aromatic N) is 2. The van der Waals surface area contributed by atoms with Crippen molar-refractivity contribution in [2.45, 2.75) is 26.9 Å². The predicted octanol–water partition coefficient (Wildman–Crippen LogP) is 2.34. The Morgan fingerprint density at radius 2 is 1.58 bits per heavy atom. The van der Waals surface area contributed by atoms with Crippen LogP contribution in [0.5, 0.6) is 5.75 Å². The highest BCUT2D eigenvalue weighted by molar-refractivity contribution is 6.00. The third-order valence-electron chi connectivity index (χ3n) is 3.70. The average Bonchev–Trinajstić information content (AvgIpc) is 2.86. The van der Waals surface area contributed by atoms with Gasteiger partial charge < -0.3 is 9.64 Å². The first-order valence-electron chi connectivity index (χ1n) is 7.74. The normalized spacial score (nSPS) is 11.7. The Morgan fingerprint density at radius 1 is 1.04 bits per heavy atom. The minimum atomic E-state index is -0.579. The second-order valence-electron chi connectivity index (χ2n) is 5.91. The van der Waals surface area contributed by atoms with E-state index in [0.29, 0.717) is 11.3 Å². The van der Waals surface area contributed by atoms with Gasteiger partial charge in [0.15, 0.2) is 6.10 Å². The molecule has 0 unspecified atom stereocenters. The van der Waals surface area contributed by atoms with E-state index in [-0.39, 0.29) is 11.8 Å². The molecule has 0 aliphatic carbocycles. The minimum absolute atomic E-state index is 0.115. The van der Waals surface area contributed by atoms with Gasteiger partial charge in [-0.3, -0.25) is 19.7 Å². The highest BCUT2D eigenvalue weighted by Gasteiger charge is 2.16. The molecule has 0 fully saturated rings. The number of hydrogen-bond acceptors (Lipinski definition) is 3. The lowest BCUT2D eigenvalue weighted by atomic mass is 10.2. The molecule has 0 aliphatic heterocycles. The Labute approximate surface area is 142 Å². The molecular formula is C18H23N3O3. The molecule has 2 rings (SSSR count). The minimum Gasteiger partial charge on any atom is -0.481 e. The molecule has 1 aromatic carbocycles. The molecule has 1 aromatic heterocycles. The van der Waals surface area contributed by atoms with Crippen LogP contribution in [0, 0.1) is 13.8 Å². The maximum absolute atomic E-state index is 12.3. The van der Waals surface area contributed by atoms with Crippen LogP contribution in [-0.4, -0.2) is 41.6 Å². The van der Waals surface area contributed by atoms with Gasteiger partial charge in [-0.15, -0.1) is 0 Å². The first-order valence-corrected chi connectivity index (χ1v) is 7.74. The van der Waals surface area contributed by atoms with Crippen molar-refractivity contribution < 1.29 is 14.3 Å². The summed E-state index contributed by atoms with van der Waals surface area (Å²) in [6.07, 6.45) is -0.579. The molecular weight excluding hydrogens is 306 g/mol. The molecule has 0 radical (unpaired) electrons. The van der Waals surface area contributed by atoms with Crippen LogP contribution in [0.3, 0.4) is 0 Å². The predicted molar refractivity (Wildman–Crippen MR) is 92.8 cm³/mol. The molecule has 128 valence electrons. The SMILES string of the molecule is Cc1ccc(C)n1NC(=O)c1ccc(O[C@H](C)C(=O)N(C)C)cc1. The maximum Gasteiger partial charge on any atom is 0.270 e. The lowest BCUT2D eigenvalue weighted by Crippen LogP contribution is -2.35. The van der Waals surface area contributed by atoms with E-state index in [2.05, 4.69) is 5.43 Å². The highest BCUT2D eigenvalue weighted by atomic mass is 16.5. The number of aromatic nitrogens is 1. The summed E-state index contributed by atoms with van der Waals surface area (Å²) < 4.78 is 7.33. The number of ether oxygens (including phenoxy) is 1. The first-order chi connectivity index (χ1) is 11.3. The summed E-state index contributed by atoms with van der Waals surface area (Å²) in [6.45, 7) is 5.54. The van der Waals surface area contributed by atoms with Crippen molar-refractivity contribution in [3.63, 3.8) is 0 Å². The van der Waals surface area contributed by atoms with Crippen molar-refractivity contribution >= 4 is 11.8 Å². The fourth-order valence-electron chi connectivity index (χ4n) is 2.31. The number of rotatable bonds is 5. The van der Waals surface area contributed by atoms with E-state index < -0.39 is 6.10 Å².